The van der Waals surface area contributed by atoms with Crippen molar-refractivity contribution in [2.24, 2.45) is 0 Å². The lowest BCUT2D eigenvalue weighted by molar-refractivity contribution is -0.143. The van der Waals surface area contributed by atoms with Gasteiger partial charge >= 0.3 is 0 Å². The zero-order valence-corrected chi connectivity index (χ0v) is 16.8. The Labute approximate surface area is 170 Å². The van der Waals surface area contributed by atoms with Crippen LogP contribution in [0.25, 0.3) is 0 Å². The molecule has 0 spiro atoms. The van der Waals surface area contributed by atoms with E-state index in [1.165, 1.54) is 0 Å². The third kappa shape index (κ3) is 3.38. The molecule has 2 aromatic rings. The molecule has 144 valence electrons. The van der Waals surface area contributed by atoms with E-state index in [1.54, 1.807) is 10.0 Å². The predicted molar refractivity (Wildman–Crippen MR) is 110 cm³/mol. The Morgan fingerprint density at radius 3 is 2.32 bits per heavy atom. The largest absolute Gasteiger partial charge is 0.294 e. The SMILES string of the molecule is CN(C)N1C(=O)C[C@@H](c2cccc(Cl)c2)C2=C1C[C@H](c1ccccc1)CC2=O. The van der Waals surface area contributed by atoms with E-state index in [4.69, 9.17) is 11.6 Å². The Kier molecular flexibility index (Phi) is 5.09. The molecule has 0 fully saturated rings. The molecular formula is C23H23ClN2O2. The van der Waals surface area contributed by atoms with E-state index in [0.717, 1.165) is 22.4 Å². The Morgan fingerprint density at radius 2 is 1.64 bits per heavy atom. The first kappa shape index (κ1) is 18.9. The van der Waals surface area contributed by atoms with E-state index in [9.17, 15) is 9.59 Å². The van der Waals surface area contributed by atoms with Crippen molar-refractivity contribution in [3.05, 3.63) is 82.0 Å². The summed E-state index contributed by atoms with van der Waals surface area (Å²) in [7, 11) is 3.69. The number of carbonyl (C=O) groups is 2. The molecule has 0 radical (unpaired) electrons. The van der Waals surface area contributed by atoms with Gasteiger partial charge in [-0.15, -0.1) is 0 Å². The van der Waals surface area contributed by atoms with Gasteiger partial charge in [-0.05, 0) is 35.6 Å². The fourth-order valence-corrected chi connectivity index (χ4v) is 4.65. The number of amides is 1. The molecular weight excluding hydrogens is 372 g/mol. The van der Waals surface area contributed by atoms with E-state index in [1.807, 2.05) is 56.6 Å². The molecule has 1 aliphatic carbocycles. The number of allylic oxidation sites excluding steroid dienone is 2. The van der Waals surface area contributed by atoms with Crippen molar-refractivity contribution < 1.29 is 9.59 Å². The molecule has 0 saturated carbocycles. The summed E-state index contributed by atoms with van der Waals surface area (Å²) in [6.07, 6.45) is 1.42. The van der Waals surface area contributed by atoms with Crippen LogP contribution in [-0.2, 0) is 9.59 Å². The van der Waals surface area contributed by atoms with E-state index < -0.39 is 0 Å². The van der Waals surface area contributed by atoms with Crippen LogP contribution in [0.4, 0.5) is 0 Å². The number of benzene rings is 2. The first-order valence-electron chi connectivity index (χ1n) is 9.52. The summed E-state index contributed by atoms with van der Waals surface area (Å²) >= 11 is 6.19. The van der Waals surface area contributed by atoms with Crippen LogP contribution >= 0.6 is 11.6 Å². The molecule has 2 atom stereocenters. The van der Waals surface area contributed by atoms with Gasteiger partial charge in [0.05, 0.1) is 0 Å². The first-order chi connectivity index (χ1) is 13.5. The molecule has 0 aromatic heterocycles. The van der Waals surface area contributed by atoms with Gasteiger partial charge in [0.25, 0.3) is 0 Å². The highest BCUT2D eigenvalue weighted by Gasteiger charge is 2.42. The lowest BCUT2D eigenvalue weighted by Crippen LogP contribution is -2.47. The summed E-state index contributed by atoms with van der Waals surface area (Å²) in [5.74, 6) is -0.0166. The molecule has 0 bridgehead atoms. The van der Waals surface area contributed by atoms with Crippen molar-refractivity contribution in [2.45, 2.75) is 31.1 Å². The van der Waals surface area contributed by atoms with Gasteiger partial charge < -0.3 is 0 Å². The van der Waals surface area contributed by atoms with Crippen molar-refractivity contribution in [1.82, 2.24) is 10.0 Å². The molecule has 28 heavy (non-hydrogen) atoms. The molecule has 1 aliphatic heterocycles. The lowest BCUT2D eigenvalue weighted by atomic mass is 9.73. The Bertz CT molecular complexity index is 952. The Morgan fingerprint density at radius 1 is 0.929 bits per heavy atom. The highest BCUT2D eigenvalue weighted by molar-refractivity contribution is 6.30. The second-order valence-electron chi connectivity index (χ2n) is 7.66. The molecule has 2 aliphatic rings. The molecule has 1 amide bonds. The number of hydrazine groups is 1. The van der Waals surface area contributed by atoms with Crippen LogP contribution in [0.3, 0.4) is 0 Å². The predicted octanol–water partition coefficient (Wildman–Crippen LogP) is 4.53. The van der Waals surface area contributed by atoms with Gasteiger partial charge in [0, 0.05) is 49.1 Å². The minimum atomic E-state index is -0.235. The maximum atomic E-state index is 13.3. The summed E-state index contributed by atoms with van der Waals surface area (Å²) in [6, 6.07) is 17.6. The quantitative estimate of drug-likeness (QED) is 0.767. The standard InChI is InChI=1S/C23H23ClN2O2/c1-25(2)26-20-12-17(15-7-4-3-5-8-15)13-21(27)23(20)19(14-22(26)28)16-9-6-10-18(24)11-16/h3-11,17,19H,12-14H2,1-2H3/t17-,19-/m0/s1. The Balaban J connectivity index is 1.82. The summed E-state index contributed by atoms with van der Waals surface area (Å²) < 4.78 is 0. The topological polar surface area (TPSA) is 40.6 Å². The van der Waals surface area contributed by atoms with Gasteiger partial charge in [0.2, 0.25) is 5.91 Å². The molecule has 1 heterocycles. The van der Waals surface area contributed by atoms with E-state index in [0.29, 0.717) is 17.9 Å². The van der Waals surface area contributed by atoms with Crippen LogP contribution < -0.4 is 0 Å². The third-order valence-corrected chi connectivity index (χ3v) is 5.86. The average molecular weight is 395 g/mol. The highest BCUT2D eigenvalue weighted by atomic mass is 35.5. The number of halogens is 1. The van der Waals surface area contributed by atoms with Crippen LogP contribution in [-0.4, -0.2) is 35.8 Å². The number of ketones is 1. The number of carbonyl (C=O) groups excluding carboxylic acids is 2. The molecule has 4 nitrogen and oxygen atoms in total. The summed E-state index contributed by atoms with van der Waals surface area (Å²) in [4.78, 5) is 26.3. The maximum absolute atomic E-state index is 13.3. The van der Waals surface area contributed by atoms with Crippen molar-refractivity contribution >= 4 is 23.3 Å². The second-order valence-corrected chi connectivity index (χ2v) is 8.10. The van der Waals surface area contributed by atoms with Crippen LogP contribution in [0.15, 0.2) is 65.9 Å². The number of rotatable bonds is 3. The monoisotopic (exact) mass is 394 g/mol. The van der Waals surface area contributed by atoms with Gasteiger partial charge in [-0.1, -0.05) is 54.1 Å². The van der Waals surface area contributed by atoms with Crippen molar-refractivity contribution in [1.29, 1.82) is 0 Å². The zero-order valence-electron chi connectivity index (χ0n) is 16.1. The van der Waals surface area contributed by atoms with Crippen molar-refractivity contribution in [2.75, 3.05) is 14.1 Å². The van der Waals surface area contributed by atoms with Gasteiger partial charge in [-0.3, -0.25) is 9.59 Å². The van der Waals surface area contributed by atoms with Crippen LogP contribution in [0.5, 0.6) is 0 Å². The van der Waals surface area contributed by atoms with Crippen LogP contribution in [0.2, 0.25) is 5.02 Å². The maximum Gasteiger partial charge on any atom is 0.242 e. The minimum absolute atomic E-state index is 0.00948. The number of hydrogen-bond donors (Lipinski definition) is 0. The van der Waals surface area contributed by atoms with E-state index in [-0.39, 0.29) is 29.9 Å². The van der Waals surface area contributed by atoms with E-state index >= 15 is 0 Å². The number of nitrogens with zero attached hydrogens (tertiary/aromatic N) is 2. The molecule has 0 unspecified atom stereocenters. The summed E-state index contributed by atoms with van der Waals surface area (Å²) in [6.45, 7) is 0. The molecule has 4 rings (SSSR count). The highest BCUT2D eigenvalue weighted by Crippen LogP contribution is 2.46. The first-order valence-corrected chi connectivity index (χ1v) is 9.90. The fourth-order valence-electron chi connectivity index (χ4n) is 4.45. The van der Waals surface area contributed by atoms with Crippen LogP contribution in [0.1, 0.15) is 42.2 Å². The van der Waals surface area contributed by atoms with Crippen LogP contribution in [0, 0.1) is 0 Å². The summed E-state index contributed by atoms with van der Waals surface area (Å²) in [5, 5.41) is 4.09. The van der Waals surface area contributed by atoms with Crippen molar-refractivity contribution in [3.8, 4) is 0 Å². The molecule has 2 aromatic carbocycles. The molecule has 0 saturated heterocycles. The normalized spacial score (nSPS) is 22.6. The summed E-state index contributed by atoms with van der Waals surface area (Å²) in [5.41, 5.74) is 3.66. The number of Topliss-reactive ketones (excluding diaryl/α,β-unsaturated/α-hetero) is 1. The molecule has 5 heteroatoms. The fraction of sp³-hybridized carbons (Fsp3) is 0.304. The zero-order chi connectivity index (χ0) is 19.8. The second kappa shape index (κ2) is 7.53. The van der Waals surface area contributed by atoms with Gasteiger partial charge in [-0.25, -0.2) is 10.0 Å². The lowest BCUT2D eigenvalue weighted by Gasteiger charge is -2.42. The Hall–Kier alpha value is -2.43. The average Bonchev–Trinajstić information content (AvgIpc) is 2.67. The van der Waals surface area contributed by atoms with E-state index in [2.05, 4.69) is 12.1 Å². The van der Waals surface area contributed by atoms with Gasteiger partial charge in [0.15, 0.2) is 5.78 Å². The smallest absolute Gasteiger partial charge is 0.242 e. The van der Waals surface area contributed by atoms with Gasteiger partial charge in [-0.2, -0.15) is 0 Å². The minimum Gasteiger partial charge on any atom is -0.294 e. The number of hydrogen-bond acceptors (Lipinski definition) is 3. The van der Waals surface area contributed by atoms with Crippen molar-refractivity contribution in [3.63, 3.8) is 0 Å². The third-order valence-electron chi connectivity index (χ3n) is 5.62. The van der Waals surface area contributed by atoms with Gasteiger partial charge in [0.1, 0.15) is 0 Å². The molecule has 0 N–H and O–H groups in total.